The topological polar surface area (TPSA) is 34.1 Å². The van der Waals surface area contributed by atoms with Gasteiger partial charge in [0.1, 0.15) is 16.5 Å². The van der Waals surface area contributed by atoms with Gasteiger partial charge in [0.25, 0.3) is 0 Å². The summed E-state index contributed by atoms with van der Waals surface area (Å²) in [6, 6.07) is 21.8. The van der Waals surface area contributed by atoms with E-state index >= 15 is 0 Å². The van der Waals surface area contributed by atoms with Crippen LogP contribution in [0.3, 0.4) is 0 Å². The normalized spacial score (nSPS) is 10.9. The third-order valence-electron chi connectivity index (χ3n) is 3.66. The molecule has 4 heteroatoms. The van der Waals surface area contributed by atoms with Crippen LogP contribution in [-0.2, 0) is 16.5 Å². The molecule has 0 spiro atoms. The van der Waals surface area contributed by atoms with Gasteiger partial charge in [0.15, 0.2) is 0 Å². The van der Waals surface area contributed by atoms with E-state index in [1.165, 1.54) is 12.1 Å². The van der Waals surface area contributed by atoms with Gasteiger partial charge in [-0.3, -0.25) is 0 Å². The highest BCUT2D eigenvalue weighted by Crippen LogP contribution is 2.32. The number of halogens is 1. The van der Waals surface area contributed by atoms with Gasteiger partial charge in [-0.05, 0) is 39.9 Å². The minimum Gasteiger partial charge on any atom is -0.232 e. The Kier molecular flexibility index (Phi) is 4.53. The van der Waals surface area contributed by atoms with E-state index in [2.05, 4.69) is 0 Å². The first-order valence-corrected chi connectivity index (χ1v) is 8.56. The summed E-state index contributed by atoms with van der Waals surface area (Å²) in [5, 5.41) is 0. The van der Waals surface area contributed by atoms with E-state index in [9.17, 15) is 12.8 Å². The molecule has 0 aromatic heterocycles. The van der Waals surface area contributed by atoms with Gasteiger partial charge in [-0.2, -0.15) is 0 Å². The van der Waals surface area contributed by atoms with Crippen molar-refractivity contribution in [1.82, 2.24) is 0 Å². The second kappa shape index (κ2) is 6.75. The van der Waals surface area contributed by atoms with Gasteiger partial charge in [0.2, 0.25) is 0 Å². The fourth-order valence-corrected chi connectivity index (χ4v) is 3.06. The zero-order valence-electron chi connectivity index (χ0n) is 12.3. The molecule has 3 rings (SSSR count). The van der Waals surface area contributed by atoms with Crippen LogP contribution in [0.1, 0.15) is 5.56 Å². The molecule has 0 saturated heterocycles. The van der Waals surface area contributed by atoms with Crippen molar-refractivity contribution in [2.24, 2.45) is 0 Å². The summed E-state index contributed by atoms with van der Waals surface area (Å²) in [5.74, 6) is -0.211. The minimum absolute atomic E-state index is 0.0508. The van der Waals surface area contributed by atoms with Gasteiger partial charge in [-0.15, -0.1) is 0 Å². The lowest BCUT2D eigenvalue weighted by atomic mass is 9.94. The molecule has 0 amide bonds. The Morgan fingerprint density at radius 3 is 1.65 bits per heavy atom. The van der Waals surface area contributed by atoms with Crippen LogP contribution in [0.25, 0.3) is 22.3 Å². The van der Waals surface area contributed by atoms with Gasteiger partial charge in [0.05, 0.1) is 5.75 Å². The molecule has 0 unspecified atom stereocenters. The molecule has 2 nitrogen and oxygen atoms in total. The molecular weight excluding hydrogens is 311 g/mol. The van der Waals surface area contributed by atoms with Gasteiger partial charge in [-0.25, -0.2) is 12.8 Å². The Balaban J connectivity index is 2.01. The van der Waals surface area contributed by atoms with E-state index in [0.29, 0.717) is 0 Å². The summed E-state index contributed by atoms with van der Waals surface area (Å²) in [7, 11) is -2.42. The summed E-state index contributed by atoms with van der Waals surface area (Å²) in [5.41, 5.74) is 4.74. The molecule has 0 N–H and O–H groups in total. The summed E-state index contributed by atoms with van der Waals surface area (Å²) < 4.78 is 34.7. The van der Waals surface area contributed by atoms with E-state index in [0.717, 1.165) is 27.8 Å². The fraction of sp³-hybridized carbons (Fsp3) is 0.0526. The lowest BCUT2D eigenvalue weighted by Crippen LogP contribution is -1.88. The van der Waals surface area contributed by atoms with Crippen LogP contribution >= 0.6 is 0 Å². The van der Waals surface area contributed by atoms with Crippen molar-refractivity contribution in [3.63, 3.8) is 0 Å². The molecule has 3 aromatic carbocycles. The van der Waals surface area contributed by atoms with Crippen LogP contribution < -0.4 is 0 Å². The minimum atomic E-state index is -2.42. The summed E-state index contributed by atoms with van der Waals surface area (Å²) >= 11 is 0. The zero-order chi connectivity index (χ0) is 16.2. The molecule has 0 heterocycles. The quantitative estimate of drug-likeness (QED) is 0.727. The van der Waals surface area contributed by atoms with Crippen molar-refractivity contribution < 1.29 is 12.8 Å². The van der Waals surface area contributed by atoms with Crippen molar-refractivity contribution in [3.05, 3.63) is 84.2 Å². The molecule has 0 radical (unpaired) electrons. The smallest absolute Gasteiger partial charge is 0.144 e. The van der Waals surface area contributed by atoms with Crippen LogP contribution in [0.2, 0.25) is 0 Å². The molecule has 0 aliphatic heterocycles. The van der Waals surface area contributed by atoms with E-state index in [4.69, 9.17) is 0 Å². The highest BCUT2D eigenvalue weighted by molar-refractivity contribution is 7.71. The fourth-order valence-electron chi connectivity index (χ4n) is 2.55. The van der Waals surface area contributed by atoms with Crippen LogP contribution in [0, 0.1) is 5.82 Å². The van der Waals surface area contributed by atoms with Crippen molar-refractivity contribution in [2.75, 3.05) is 0 Å². The first-order chi connectivity index (χ1) is 11.1. The van der Waals surface area contributed by atoms with Crippen molar-refractivity contribution in [3.8, 4) is 22.3 Å². The van der Waals surface area contributed by atoms with E-state index in [1.807, 2.05) is 48.5 Å². The highest BCUT2D eigenvalue weighted by atomic mass is 32.2. The number of rotatable bonds is 4. The number of hydrogen-bond donors (Lipinski definition) is 1. The summed E-state index contributed by atoms with van der Waals surface area (Å²) in [6.45, 7) is 0. The standard InChI is InChI=1S/C19H15FO2S/c20-17-11-9-16(10-12-17)19-4-2-1-3-18(19)15-7-5-14(6-8-15)13-23(21)22/h1-12,23H,13H2. The first-order valence-electron chi connectivity index (χ1n) is 7.19. The molecule has 116 valence electrons. The van der Waals surface area contributed by atoms with E-state index in [1.54, 1.807) is 12.1 Å². The molecular formula is C19H15FO2S. The number of hydrogen-bond acceptors (Lipinski definition) is 2. The second-order valence-electron chi connectivity index (χ2n) is 5.24. The maximum Gasteiger partial charge on any atom is 0.144 e. The molecule has 0 atom stereocenters. The predicted molar refractivity (Wildman–Crippen MR) is 91.3 cm³/mol. The van der Waals surface area contributed by atoms with Crippen LogP contribution in [-0.4, -0.2) is 8.42 Å². The Morgan fingerprint density at radius 1 is 0.696 bits per heavy atom. The third-order valence-corrected chi connectivity index (χ3v) is 4.28. The molecule has 3 aromatic rings. The number of benzene rings is 3. The zero-order valence-corrected chi connectivity index (χ0v) is 13.2. The van der Waals surface area contributed by atoms with Crippen LogP contribution in [0.5, 0.6) is 0 Å². The predicted octanol–water partition coefficient (Wildman–Crippen LogP) is 4.27. The first kappa shape index (κ1) is 15.4. The van der Waals surface area contributed by atoms with Crippen LogP contribution in [0.4, 0.5) is 4.39 Å². The average Bonchev–Trinajstić information content (AvgIpc) is 2.56. The van der Waals surface area contributed by atoms with Crippen LogP contribution in [0.15, 0.2) is 72.8 Å². The molecule has 0 fully saturated rings. The Morgan fingerprint density at radius 2 is 1.17 bits per heavy atom. The van der Waals surface area contributed by atoms with Gasteiger partial charge >= 0.3 is 0 Å². The van der Waals surface area contributed by atoms with Crippen molar-refractivity contribution >= 4 is 10.7 Å². The lowest BCUT2D eigenvalue weighted by Gasteiger charge is -2.10. The SMILES string of the molecule is O=[SH](=O)Cc1ccc(-c2ccccc2-c2ccc(F)cc2)cc1. The van der Waals surface area contributed by atoms with Gasteiger partial charge < -0.3 is 0 Å². The Bertz CT molecular complexity index is 874. The average molecular weight is 326 g/mol. The van der Waals surface area contributed by atoms with Gasteiger partial charge in [-0.1, -0.05) is 60.7 Å². The van der Waals surface area contributed by atoms with E-state index in [-0.39, 0.29) is 11.6 Å². The lowest BCUT2D eigenvalue weighted by molar-refractivity contribution is 0.614. The third kappa shape index (κ3) is 3.66. The Labute approximate surface area is 136 Å². The number of thiol groups is 1. The maximum absolute atomic E-state index is 13.1. The highest BCUT2D eigenvalue weighted by Gasteiger charge is 2.07. The monoisotopic (exact) mass is 326 g/mol. The molecule has 0 aliphatic carbocycles. The van der Waals surface area contributed by atoms with Gasteiger partial charge in [0, 0.05) is 0 Å². The van der Waals surface area contributed by atoms with Crippen molar-refractivity contribution in [2.45, 2.75) is 5.75 Å². The summed E-state index contributed by atoms with van der Waals surface area (Å²) in [6.07, 6.45) is 0. The molecule has 0 bridgehead atoms. The summed E-state index contributed by atoms with van der Waals surface area (Å²) in [4.78, 5) is 0. The maximum atomic E-state index is 13.1. The Hall–Kier alpha value is -2.46. The largest absolute Gasteiger partial charge is 0.232 e. The molecule has 23 heavy (non-hydrogen) atoms. The molecule has 0 saturated carbocycles. The second-order valence-corrected chi connectivity index (χ2v) is 6.22. The van der Waals surface area contributed by atoms with E-state index < -0.39 is 10.7 Å². The van der Waals surface area contributed by atoms with Crippen molar-refractivity contribution in [1.29, 1.82) is 0 Å². The molecule has 0 aliphatic rings.